The predicted octanol–water partition coefficient (Wildman–Crippen LogP) is 3.72. The van der Waals surface area contributed by atoms with Gasteiger partial charge in [0.15, 0.2) is 0 Å². The lowest BCUT2D eigenvalue weighted by molar-refractivity contribution is -0.155. The van der Waals surface area contributed by atoms with Crippen LogP contribution in [0.3, 0.4) is 0 Å². The van der Waals surface area contributed by atoms with E-state index < -0.39 is 29.1 Å². The van der Waals surface area contributed by atoms with E-state index in [2.05, 4.69) is 4.90 Å². The van der Waals surface area contributed by atoms with Crippen LogP contribution in [0, 0.1) is 0 Å². The number of carbonyl (C=O) groups excluding carboxylic acids is 4. The van der Waals surface area contributed by atoms with Crippen LogP contribution in [-0.2, 0) is 25.6 Å². The van der Waals surface area contributed by atoms with Crippen molar-refractivity contribution < 1.29 is 28.7 Å². The maximum Gasteiger partial charge on any atom is 0.410 e. The zero-order valence-corrected chi connectivity index (χ0v) is 24.1. The zero-order chi connectivity index (χ0) is 28.6. The van der Waals surface area contributed by atoms with E-state index in [0.29, 0.717) is 35.8 Å². The summed E-state index contributed by atoms with van der Waals surface area (Å²) in [6.07, 6.45) is -0.351. The summed E-state index contributed by atoms with van der Waals surface area (Å²) in [5, 5.41) is 0.422. The molecule has 1 aromatic carbocycles. The molecule has 3 amide bonds. The van der Waals surface area contributed by atoms with Crippen LogP contribution in [0.2, 0.25) is 5.02 Å². The minimum Gasteiger partial charge on any atom is -0.460 e. The molecule has 0 aromatic heterocycles. The van der Waals surface area contributed by atoms with Crippen molar-refractivity contribution in [3.05, 3.63) is 28.3 Å². The first-order valence-corrected chi connectivity index (χ1v) is 13.2. The zero-order valence-electron chi connectivity index (χ0n) is 23.3. The number of fused-ring (bicyclic) bond motifs is 1. The van der Waals surface area contributed by atoms with Crippen molar-refractivity contribution in [1.29, 1.82) is 0 Å². The van der Waals surface area contributed by atoms with Crippen molar-refractivity contribution in [3.63, 3.8) is 0 Å². The molecule has 2 heterocycles. The number of benzene rings is 1. The van der Waals surface area contributed by atoms with E-state index in [0.717, 1.165) is 5.69 Å². The number of carbonyl (C=O) groups is 4. The topological polar surface area (TPSA) is 122 Å². The van der Waals surface area contributed by atoms with Gasteiger partial charge in [0.25, 0.3) is 5.91 Å². The Hall–Kier alpha value is -3.01. The van der Waals surface area contributed by atoms with Crippen LogP contribution >= 0.6 is 11.6 Å². The molecule has 2 aliphatic rings. The number of hydrogen-bond acceptors (Lipinski definition) is 7. The molecule has 1 fully saturated rings. The van der Waals surface area contributed by atoms with Crippen LogP contribution in [0.25, 0.3) is 0 Å². The van der Waals surface area contributed by atoms with Gasteiger partial charge in [-0.25, -0.2) is 4.79 Å². The molecule has 2 N–H and O–H groups in total. The molecular weight excluding hydrogens is 512 g/mol. The van der Waals surface area contributed by atoms with Crippen LogP contribution in [0.15, 0.2) is 12.1 Å². The van der Waals surface area contributed by atoms with Crippen LogP contribution < -0.4 is 10.6 Å². The lowest BCUT2D eigenvalue weighted by Gasteiger charge is -2.41. The quantitative estimate of drug-likeness (QED) is 0.535. The monoisotopic (exact) mass is 550 g/mol. The van der Waals surface area contributed by atoms with Gasteiger partial charge in [-0.15, -0.1) is 0 Å². The Kier molecular flexibility index (Phi) is 8.55. The number of nitrogens with two attached hydrogens (primary N) is 1. The Morgan fingerprint density at radius 3 is 2.26 bits per heavy atom. The molecule has 38 heavy (non-hydrogen) atoms. The third kappa shape index (κ3) is 6.89. The molecule has 0 aliphatic carbocycles. The molecule has 0 unspecified atom stereocenters. The summed E-state index contributed by atoms with van der Waals surface area (Å²) in [6.45, 7) is 14.3. The second-order valence-corrected chi connectivity index (χ2v) is 12.2. The third-order valence-electron chi connectivity index (χ3n) is 6.38. The van der Waals surface area contributed by atoms with Crippen molar-refractivity contribution in [2.75, 3.05) is 24.5 Å². The minimum absolute atomic E-state index is 0.0489. The summed E-state index contributed by atoms with van der Waals surface area (Å²) < 4.78 is 10.8. The summed E-state index contributed by atoms with van der Waals surface area (Å²) in [6, 6.07) is 2.48. The van der Waals surface area contributed by atoms with Crippen LogP contribution in [0.1, 0.15) is 77.2 Å². The lowest BCUT2D eigenvalue weighted by Crippen LogP contribution is -2.54. The van der Waals surface area contributed by atoms with Gasteiger partial charge in [0.05, 0.1) is 10.7 Å². The number of rotatable bonds is 6. The van der Waals surface area contributed by atoms with E-state index in [1.165, 1.54) is 4.90 Å². The van der Waals surface area contributed by atoms with Gasteiger partial charge in [0.2, 0.25) is 5.91 Å². The molecule has 0 bridgehead atoms. The van der Waals surface area contributed by atoms with Crippen molar-refractivity contribution in [2.24, 2.45) is 5.73 Å². The Morgan fingerprint density at radius 2 is 1.71 bits per heavy atom. The maximum atomic E-state index is 13.2. The highest BCUT2D eigenvalue weighted by atomic mass is 35.5. The SMILES string of the molecule is C[C@@H]1CN(C(=O)OC(C)(C)C)CCN1c1ccc2c(c1Cl)CN([C@@H](CCC(=O)OC(C)(C)C)C(N)=O)C2=O. The Balaban J connectivity index is 1.74. The number of primary amides is 1. The lowest BCUT2D eigenvalue weighted by atomic mass is 10.1. The van der Waals surface area contributed by atoms with Gasteiger partial charge in [-0.3, -0.25) is 14.4 Å². The fourth-order valence-electron chi connectivity index (χ4n) is 4.74. The van der Waals surface area contributed by atoms with Crippen molar-refractivity contribution in [3.8, 4) is 0 Å². The van der Waals surface area contributed by atoms with Crippen LogP contribution in [0.4, 0.5) is 10.5 Å². The van der Waals surface area contributed by atoms with E-state index in [1.807, 2.05) is 27.7 Å². The number of piperazine rings is 1. The first kappa shape index (κ1) is 29.5. The average Bonchev–Trinajstić information content (AvgIpc) is 3.09. The molecule has 210 valence electrons. The van der Waals surface area contributed by atoms with Crippen molar-refractivity contribution in [1.82, 2.24) is 9.80 Å². The summed E-state index contributed by atoms with van der Waals surface area (Å²) in [5.74, 6) is -1.52. The number of halogens is 1. The Bertz CT molecular complexity index is 1110. The highest BCUT2D eigenvalue weighted by molar-refractivity contribution is 6.35. The van der Waals surface area contributed by atoms with Crippen LogP contribution in [-0.4, -0.2) is 76.6 Å². The van der Waals surface area contributed by atoms with E-state index >= 15 is 0 Å². The molecule has 11 heteroatoms. The summed E-state index contributed by atoms with van der Waals surface area (Å²) >= 11 is 6.84. The first-order chi connectivity index (χ1) is 17.5. The van der Waals surface area contributed by atoms with Gasteiger partial charge in [0, 0.05) is 49.8 Å². The summed E-state index contributed by atoms with van der Waals surface area (Å²) in [5.41, 5.74) is 6.17. The normalized spacial score (nSPS) is 18.8. The number of nitrogens with zero attached hydrogens (tertiary/aromatic N) is 3. The number of amides is 3. The van der Waals surface area contributed by atoms with E-state index in [-0.39, 0.29) is 37.4 Å². The maximum absolute atomic E-state index is 13.2. The summed E-state index contributed by atoms with van der Waals surface area (Å²) in [7, 11) is 0. The number of anilines is 1. The Morgan fingerprint density at radius 1 is 1.08 bits per heavy atom. The molecule has 2 atom stereocenters. The van der Waals surface area contributed by atoms with Gasteiger partial charge in [-0.05, 0) is 67.0 Å². The predicted molar refractivity (Wildman–Crippen MR) is 144 cm³/mol. The molecular formula is C27H39ClN4O6. The molecule has 10 nitrogen and oxygen atoms in total. The second-order valence-electron chi connectivity index (χ2n) is 11.9. The summed E-state index contributed by atoms with van der Waals surface area (Å²) in [4.78, 5) is 55.4. The smallest absolute Gasteiger partial charge is 0.410 e. The highest BCUT2D eigenvalue weighted by Crippen LogP contribution is 2.39. The Labute approximate surface area is 229 Å². The van der Waals surface area contributed by atoms with Gasteiger partial charge >= 0.3 is 12.1 Å². The molecule has 1 aromatic rings. The molecule has 0 saturated carbocycles. The van der Waals surface area contributed by atoms with Crippen molar-refractivity contribution in [2.45, 2.75) is 91.1 Å². The minimum atomic E-state index is -0.974. The van der Waals surface area contributed by atoms with E-state index in [9.17, 15) is 19.2 Å². The van der Waals surface area contributed by atoms with E-state index in [1.54, 1.807) is 37.8 Å². The fourth-order valence-corrected chi connectivity index (χ4v) is 5.07. The number of hydrogen-bond donors (Lipinski definition) is 1. The van der Waals surface area contributed by atoms with Gasteiger partial charge < -0.3 is 29.9 Å². The van der Waals surface area contributed by atoms with Crippen molar-refractivity contribution >= 4 is 41.2 Å². The van der Waals surface area contributed by atoms with E-state index in [4.69, 9.17) is 26.8 Å². The van der Waals surface area contributed by atoms with Crippen LogP contribution in [0.5, 0.6) is 0 Å². The second kappa shape index (κ2) is 11.0. The molecule has 3 rings (SSSR count). The average molecular weight is 551 g/mol. The standard InChI is InChI=1S/C27H39ClN4O6/c1-16-14-30(25(36)38-27(5,6)7)12-13-31(16)19-9-8-17-18(22(19)28)15-32(24(17)35)20(23(29)34)10-11-21(33)37-26(2,3)4/h8-9,16,20H,10-15H2,1-7H3,(H2,29,34)/t16-,20+/m1/s1. The molecule has 0 radical (unpaired) electrons. The first-order valence-electron chi connectivity index (χ1n) is 12.9. The van der Waals surface area contributed by atoms with Gasteiger partial charge in [-0.2, -0.15) is 0 Å². The molecule has 2 aliphatic heterocycles. The van der Waals surface area contributed by atoms with Gasteiger partial charge in [-0.1, -0.05) is 11.6 Å². The number of ether oxygens (including phenoxy) is 2. The molecule has 0 spiro atoms. The highest BCUT2D eigenvalue weighted by Gasteiger charge is 2.39. The molecule has 1 saturated heterocycles. The fraction of sp³-hybridized carbons (Fsp3) is 0.630. The van der Waals surface area contributed by atoms with Gasteiger partial charge in [0.1, 0.15) is 17.2 Å². The number of esters is 1. The third-order valence-corrected chi connectivity index (χ3v) is 6.80. The largest absolute Gasteiger partial charge is 0.460 e.